The Hall–Kier alpha value is -1.72. The fraction of sp³-hybridized carbons (Fsp3) is 0.462. The van der Waals surface area contributed by atoms with E-state index in [4.69, 9.17) is 5.11 Å². The number of nitrogens with one attached hydrogen (secondary N) is 1. The van der Waals surface area contributed by atoms with Crippen LogP contribution in [0.3, 0.4) is 0 Å². The van der Waals surface area contributed by atoms with Crippen molar-refractivity contribution in [3.8, 4) is 0 Å². The maximum Gasteiger partial charge on any atom is 0.416 e. The van der Waals surface area contributed by atoms with Crippen LogP contribution in [0, 0.1) is 0 Å². The molecule has 106 valence electrons. The van der Waals surface area contributed by atoms with Gasteiger partial charge < -0.3 is 10.4 Å². The van der Waals surface area contributed by atoms with Gasteiger partial charge in [-0.25, -0.2) is 0 Å². The lowest BCUT2D eigenvalue weighted by Crippen LogP contribution is -2.31. The molecule has 0 aliphatic rings. The van der Waals surface area contributed by atoms with Crippen molar-refractivity contribution in [2.75, 3.05) is 5.32 Å². The van der Waals surface area contributed by atoms with Gasteiger partial charge in [0.05, 0.1) is 5.56 Å². The summed E-state index contributed by atoms with van der Waals surface area (Å²) in [6.07, 6.45) is -3.97. The number of carboxylic acid groups (broad SMARTS) is 1. The molecule has 1 aromatic carbocycles. The van der Waals surface area contributed by atoms with Gasteiger partial charge >= 0.3 is 12.1 Å². The lowest BCUT2D eigenvalue weighted by atomic mass is 9.98. The van der Waals surface area contributed by atoms with Crippen LogP contribution in [0.15, 0.2) is 24.3 Å². The number of halogens is 3. The van der Waals surface area contributed by atoms with Crippen molar-refractivity contribution >= 4 is 11.7 Å². The SMILES string of the molecule is CC(C)(CCC(=O)O)Nc1ccc(C(F)(F)F)cc1. The summed E-state index contributed by atoms with van der Waals surface area (Å²) in [5.74, 6) is -0.901. The van der Waals surface area contributed by atoms with Crippen LogP contribution in [0.5, 0.6) is 0 Å². The van der Waals surface area contributed by atoms with Gasteiger partial charge in [-0.3, -0.25) is 4.79 Å². The minimum absolute atomic E-state index is 0.000630. The quantitative estimate of drug-likeness (QED) is 0.860. The highest BCUT2D eigenvalue weighted by Crippen LogP contribution is 2.30. The van der Waals surface area contributed by atoms with E-state index < -0.39 is 23.2 Å². The van der Waals surface area contributed by atoms with Crippen LogP contribution in [0.2, 0.25) is 0 Å². The van der Waals surface area contributed by atoms with Crippen molar-refractivity contribution in [2.24, 2.45) is 0 Å². The van der Waals surface area contributed by atoms with Gasteiger partial charge in [0.15, 0.2) is 0 Å². The van der Waals surface area contributed by atoms with Gasteiger partial charge in [-0.2, -0.15) is 13.2 Å². The third kappa shape index (κ3) is 5.19. The number of alkyl halides is 3. The second-order valence-electron chi connectivity index (χ2n) is 4.98. The topological polar surface area (TPSA) is 49.3 Å². The second kappa shape index (κ2) is 5.50. The summed E-state index contributed by atoms with van der Waals surface area (Å²) in [5.41, 5.74) is -0.678. The molecular formula is C13H16F3NO2. The zero-order valence-electron chi connectivity index (χ0n) is 10.7. The predicted molar refractivity (Wildman–Crippen MR) is 66.0 cm³/mol. The third-order valence-corrected chi connectivity index (χ3v) is 2.66. The molecule has 6 heteroatoms. The molecule has 0 saturated carbocycles. The number of anilines is 1. The summed E-state index contributed by atoms with van der Waals surface area (Å²) in [4.78, 5) is 10.5. The fourth-order valence-corrected chi connectivity index (χ4v) is 1.62. The Bertz CT molecular complexity index is 438. The largest absolute Gasteiger partial charge is 0.481 e. The Morgan fingerprint density at radius 2 is 1.74 bits per heavy atom. The molecule has 0 heterocycles. The molecule has 0 radical (unpaired) electrons. The van der Waals surface area contributed by atoms with E-state index in [9.17, 15) is 18.0 Å². The zero-order chi connectivity index (χ0) is 14.7. The van der Waals surface area contributed by atoms with Gasteiger partial charge in [0.2, 0.25) is 0 Å². The van der Waals surface area contributed by atoms with E-state index in [1.165, 1.54) is 12.1 Å². The molecule has 19 heavy (non-hydrogen) atoms. The Balaban J connectivity index is 2.69. The molecule has 0 bridgehead atoms. The summed E-state index contributed by atoms with van der Waals surface area (Å²) in [6, 6.07) is 4.67. The minimum Gasteiger partial charge on any atom is -0.481 e. The van der Waals surface area contributed by atoms with Gasteiger partial charge in [0.1, 0.15) is 0 Å². The molecule has 2 N–H and O–H groups in total. The van der Waals surface area contributed by atoms with E-state index in [2.05, 4.69) is 5.32 Å². The third-order valence-electron chi connectivity index (χ3n) is 2.66. The van der Waals surface area contributed by atoms with E-state index in [0.717, 1.165) is 12.1 Å². The highest BCUT2D eigenvalue weighted by molar-refractivity contribution is 5.66. The molecular weight excluding hydrogens is 259 g/mol. The van der Waals surface area contributed by atoms with E-state index >= 15 is 0 Å². The van der Waals surface area contributed by atoms with Crippen LogP contribution in [0.1, 0.15) is 32.3 Å². The number of carboxylic acids is 1. The van der Waals surface area contributed by atoms with E-state index in [1.807, 2.05) is 0 Å². The zero-order valence-corrected chi connectivity index (χ0v) is 10.7. The summed E-state index contributed by atoms with van der Waals surface area (Å²) < 4.78 is 37.1. The molecule has 0 aliphatic carbocycles. The highest BCUT2D eigenvalue weighted by atomic mass is 19.4. The van der Waals surface area contributed by atoms with Crippen molar-refractivity contribution in [2.45, 2.75) is 38.4 Å². The van der Waals surface area contributed by atoms with Crippen LogP contribution in [-0.2, 0) is 11.0 Å². The number of carbonyl (C=O) groups is 1. The van der Waals surface area contributed by atoms with Gasteiger partial charge in [0, 0.05) is 17.6 Å². The predicted octanol–water partition coefficient (Wildman–Crippen LogP) is 3.76. The summed E-state index contributed by atoms with van der Waals surface area (Å²) >= 11 is 0. The Morgan fingerprint density at radius 3 is 2.16 bits per heavy atom. The maximum atomic E-state index is 12.4. The van der Waals surface area contributed by atoms with Gasteiger partial charge in [0.25, 0.3) is 0 Å². The molecule has 0 aromatic heterocycles. The van der Waals surface area contributed by atoms with Gasteiger partial charge in [-0.1, -0.05) is 0 Å². The van der Waals surface area contributed by atoms with Crippen molar-refractivity contribution in [3.63, 3.8) is 0 Å². The lowest BCUT2D eigenvalue weighted by Gasteiger charge is -2.27. The number of benzene rings is 1. The van der Waals surface area contributed by atoms with Gasteiger partial charge in [-0.05, 0) is 44.5 Å². The average molecular weight is 275 g/mol. The maximum absolute atomic E-state index is 12.4. The Labute approximate surface area is 109 Å². The lowest BCUT2D eigenvalue weighted by molar-refractivity contribution is -0.138. The smallest absolute Gasteiger partial charge is 0.416 e. The van der Waals surface area contributed by atoms with Crippen molar-refractivity contribution < 1.29 is 23.1 Å². The first-order valence-electron chi connectivity index (χ1n) is 5.77. The molecule has 0 amide bonds. The molecule has 0 aliphatic heterocycles. The molecule has 3 nitrogen and oxygen atoms in total. The molecule has 1 aromatic rings. The molecule has 0 spiro atoms. The molecule has 1 rings (SSSR count). The van der Waals surface area contributed by atoms with Crippen LogP contribution in [0.25, 0.3) is 0 Å². The first-order valence-corrected chi connectivity index (χ1v) is 5.77. The number of rotatable bonds is 5. The minimum atomic E-state index is -4.35. The fourth-order valence-electron chi connectivity index (χ4n) is 1.62. The first-order chi connectivity index (χ1) is 8.60. The van der Waals surface area contributed by atoms with E-state index in [-0.39, 0.29) is 6.42 Å². The van der Waals surface area contributed by atoms with Crippen LogP contribution in [0.4, 0.5) is 18.9 Å². The van der Waals surface area contributed by atoms with Crippen molar-refractivity contribution in [1.82, 2.24) is 0 Å². The Morgan fingerprint density at radius 1 is 1.21 bits per heavy atom. The molecule has 0 saturated heterocycles. The summed E-state index contributed by atoms with van der Waals surface area (Å²) in [6.45, 7) is 3.60. The molecule has 0 fully saturated rings. The van der Waals surface area contributed by atoms with Crippen LogP contribution >= 0.6 is 0 Å². The van der Waals surface area contributed by atoms with Crippen molar-refractivity contribution in [3.05, 3.63) is 29.8 Å². The highest BCUT2D eigenvalue weighted by Gasteiger charge is 2.30. The average Bonchev–Trinajstić information content (AvgIpc) is 2.25. The van der Waals surface area contributed by atoms with Crippen molar-refractivity contribution in [1.29, 1.82) is 0 Å². The van der Waals surface area contributed by atoms with Crippen LogP contribution < -0.4 is 5.32 Å². The number of aliphatic carboxylic acids is 1. The summed E-state index contributed by atoms with van der Waals surface area (Å²) in [7, 11) is 0. The monoisotopic (exact) mass is 275 g/mol. The molecule has 0 atom stereocenters. The second-order valence-corrected chi connectivity index (χ2v) is 4.98. The standard InChI is InChI=1S/C13H16F3NO2/c1-12(2,8-7-11(18)19)17-10-5-3-9(4-6-10)13(14,15)16/h3-6,17H,7-8H2,1-2H3,(H,18,19). The van der Waals surface area contributed by atoms with E-state index in [0.29, 0.717) is 12.1 Å². The van der Waals surface area contributed by atoms with Crippen LogP contribution in [-0.4, -0.2) is 16.6 Å². The summed E-state index contributed by atoms with van der Waals surface area (Å²) in [5, 5.41) is 11.6. The van der Waals surface area contributed by atoms with Gasteiger partial charge in [-0.15, -0.1) is 0 Å². The normalized spacial score (nSPS) is 12.3. The molecule has 0 unspecified atom stereocenters. The first kappa shape index (κ1) is 15.3. The Kier molecular flexibility index (Phi) is 4.44. The van der Waals surface area contributed by atoms with E-state index in [1.54, 1.807) is 13.8 Å². The number of hydrogen-bond acceptors (Lipinski definition) is 2. The number of hydrogen-bond donors (Lipinski definition) is 2.